The summed E-state index contributed by atoms with van der Waals surface area (Å²) in [6.45, 7) is 2.68. The Morgan fingerprint density at radius 3 is 2.42 bits per heavy atom. The number of benzene rings is 2. The molecule has 0 saturated heterocycles. The standard InChI is InChI=1S/C22H29O3P/c1-3-4-17-25-26(23,18-8-11-20-9-6-5-7-10-20)19-16-21-12-14-22(24-2)15-13-21/h5-15H,3-4,16-19H2,1-2H3/b11-8+. The van der Waals surface area contributed by atoms with Gasteiger partial charge < -0.3 is 9.26 Å². The van der Waals surface area contributed by atoms with Crippen LogP contribution >= 0.6 is 7.37 Å². The number of unbranched alkanes of at least 4 members (excludes halogenated alkanes) is 1. The molecule has 1 unspecified atom stereocenters. The molecule has 2 rings (SSSR count). The van der Waals surface area contributed by atoms with Gasteiger partial charge in [-0.1, -0.05) is 68.0 Å². The minimum absolute atomic E-state index is 0.474. The normalized spacial score (nSPS) is 13.6. The van der Waals surface area contributed by atoms with Crippen molar-refractivity contribution in [3.63, 3.8) is 0 Å². The van der Waals surface area contributed by atoms with Crippen molar-refractivity contribution in [3.8, 4) is 5.75 Å². The van der Waals surface area contributed by atoms with Gasteiger partial charge in [0.25, 0.3) is 0 Å². The van der Waals surface area contributed by atoms with Gasteiger partial charge in [0.05, 0.1) is 13.7 Å². The van der Waals surface area contributed by atoms with Gasteiger partial charge in [-0.25, -0.2) is 0 Å². The van der Waals surface area contributed by atoms with E-state index in [1.54, 1.807) is 7.11 Å². The summed E-state index contributed by atoms with van der Waals surface area (Å²) >= 11 is 0. The molecule has 0 aliphatic carbocycles. The van der Waals surface area contributed by atoms with Gasteiger partial charge in [0.1, 0.15) is 5.75 Å². The van der Waals surface area contributed by atoms with Crippen LogP contribution in [-0.2, 0) is 15.5 Å². The maximum Gasteiger partial charge on any atom is 0.207 e. The van der Waals surface area contributed by atoms with Gasteiger partial charge in [0.2, 0.25) is 7.37 Å². The summed E-state index contributed by atoms with van der Waals surface area (Å²) in [5.74, 6) is 0.835. The number of hydrogen-bond acceptors (Lipinski definition) is 3. The Morgan fingerprint density at radius 1 is 1.04 bits per heavy atom. The third-order valence-corrected chi connectivity index (χ3v) is 6.54. The Bertz CT molecular complexity index is 708. The van der Waals surface area contributed by atoms with E-state index in [0.717, 1.165) is 36.1 Å². The minimum atomic E-state index is -2.69. The fourth-order valence-corrected chi connectivity index (χ4v) is 4.49. The predicted octanol–water partition coefficient (Wildman–Crippen LogP) is 6.05. The minimum Gasteiger partial charge on any atom is -0.497 e. The Kier molecular flexibility index (Phi) is 8.67. The number of aryl methyl sites for hydroxylation is 1. The molecule has 0 fully saturated rings. The molecule has 0 spiro atoms. The van der Waals surface area contributed by atoms with Crippen molar-refractivity contribution in [1.82, 2.24) is 0 Å². The van der Waals surface area contributed by atoms with E-state index in [1.165, 1.54) is 0 Å². The zero-order chi connectivity index (χ0) is 18.7. The van der Waals surface area contributed by atoms with Gasteiger partial charge in [0.15, 0.2) is 0 Å². The van der Waals surface area contributed by atoms with Crippen LogP contribution in [0.3, 0.4) is 0 Å². The Labute approximate surface area is 157 Å². The Balaban J connectivity index is 1.97. The summed E-state index contributed by atoms with van der Waals surface area (Å²) in [7, 11) is -1.03. The molecular weight excluding hydrogens is 343 g/mol. The molecule has 2 aromatic carbocycles. The van der Waals surface area contributed by atoms with Crippen LogP contribution in [0.2, 0.25) is 0 Å². The molecule has 140 valence electrons. The van der Waals surface area contributed by atoms with Crippen LogP contribution in [0.1, 0.15) is 30.9 Å². The van der Waals surface area contributed by atoms with E-state index < -0.39 is 7.37 Å². The molecule has 0 aromatic heterocycles. The second-order valence-electron chi connectivity index (χ2n) is 6.32. The first-order valence-corrected chi connectivity index (χ1v) is 11.2. The number of allylic oxidation sites excluding steroid dienone is 1. The summed E-state index contributed by atoms with van der Waals surface area (Å²) in [5, 5.41) is 0. The Hall–Kier alpha value is -1.83. The summed E-state index contributed by atoms with van der Waals surface area (Å²) in [5.41, 5.74) is 2.26. The third-order valence-electron chi connectivity index (χ3n) is 4.22. The van der Waals surface area contributed by atoms with Crippen LogP contribution in [0.5, 0.6) is 5.75 Å². The molecule has 0 aliphatic rings. The molecule has 0 saturated carbocycles. The van der Waals surface area contributed by atoms with Crippen molar-refractivity contribution in [1.29, 1.82) is 0 Å². The lowest BCUT2D eigenvalue weighted by Crippen LogP contribution is -2.03. The summed E-state index contributed by atoms with van der Waals surface area (Å²) < 4.78 is 24.3. The van der Waals surface area contributed by atoms with E-state index >= 15 is 0 Å². The van der Waals surface area contributed by atoms with E-state index in [-0.39, 0.29) is 0 Å². The largest absolute Gasteiger partial charge is 0.497 e. The highest BCUT2D eigenvalue weighted by molar-refractivity contribution is 7.59. The van der Waals surface area contributed by atoms with Crippen LogP contribution in [0.25, 0.3) is 6.08 Å². The fraction of sp³-hybridized carbons (Fsp3) is 0.364. The summed E-state index contributed by atoms with van der Waals surface area (Å²) in [6.07, 6.45) is 7.75. The van der Waals surface area contributed by atoms with Crippen LogP contribution in [-0.4, -0.2) is 26.0 Å². The Morgan fingerprint density at radius 2 is 1.77 bits per heavy atom. The smallest absolute Gasteiger partial charge is 0.207 e. The first-order chi connectivity index (χ1) is 12.6. The van der Waals surface area contributed by atoms with Crippen molar-refractivity contribution in [2.24, 2.45) is 0 Å². The van der Waals surface area contributed by atoms with Gasteiger partial charge >= 0.3 is 0 Å². The predicted molar refractivity (Wildman–Crippen MR) is 110 cm³/mol. The average molecular weight is 372 g/mol. The number of hydrogen-bond donors (Lipinski definition) is 0. The second-order valence-corrected chi connectivity index (χ2v) is 9.02. The first-order valence-electron chi connectivity index (χ1n) is 9.22. The van der Waals surface area contributed by atoms with Gasteiger partial charge in [-0.3, -0.25) is 4.57 Å². The molecule has 3 nitrogen and oxygen atoms in total. The topological polar surface area (TPSA) is 35.5 Å². The van der Waals surface area contributed by atoms with Gasteiger partial charge in [-0.05, 0) is 36.1 Å². The highest BCUT2D eigenvalue weighted by Gasteiger charge is 2.21. The lowest BCUT2D eigenvalue weighted by molar-refractivity contribution is 0.307. The number of rotatable bonds is 11. The monoisotopic (exact) mass is 372 g/mol. The first kappa shape index (κ1) is 20.5. The third kappa shape index (κ3) is 7.19. The summed E-state index contributed by atoms with van der Waals surface area (Å²) in [4.78, 5) is 0. The molecule has 0 radical (unpaired) electrons. The molecule has 0 N–H and O–H groups in total. The summed E-state index contributed by atoms with van der Waals surface area (Å²) in [6, 6.07) is 18.0. The van der Waals surface area contributed by atoms with Crippen LogP contribution in [0.4, 0.5) is 0 Å². The lowest BCUT2D eigenvalue weighted by atomic mass is 10.2. The van der Waals surface area contributed by atoms with E-state index in [0.29, 0.717) is 18.9 Å². The van der Waals surface area contributed by atoms with Gasteiger partial charge in [-0.2, -0.15) is 0 Å². The van der Waals surface area contributed by atoms with Gasteiger partial charge in [-0.15, -0.1) is 0 Å². The zero-order valence-electron chi connectivity index (χ0n) is 15.8. The fourth-order valence-electron chi connectivity index (χ4n) is 2.59. The molecular formula is C22H29O3P. The number of methoxy groups -OCH3 is 1. The number of ether oxygens (including phenoxy) is 1. The molecule has 0 amide bonds. The molecule has 26 heavy (non-hydrogen) atoms. The van der Waals surface area contributed by atoms with Crippen LogP contribution < -0.4 is 4.74 Å². The lowest BCUT2D eigenvalue weighted by Gasteiger charge is -2.17. The molecule has 0 bridgehead atoms. The van der Waals surface area contributed by atoms with Crippen molar-refractivity contribution < 1.29 is 13.8 Å². The SMILES string of the molecule is CCCCOP(=O)(C/C=C/c1ccccc1)CCc1ccc(OC)cc1. The second kappa shape index (κ2) is 11.0. The van der Waals surface area contributed by atoms with E-state index in [2.05, 4.69) is 6.92 Å². The zero-order valence-corrected chi connectivity index (χ0v) is 16.7. The van der Waals surface area contributed by atoms with Crippen LogP contribution in [0, 0.1) is 0 Å². The maximum atomic E-state index is 13.3. The maximum absolute atomic E-state index is 13.3. The van der Waals surface area contributed by atoms with Crippen molar-refractivity contribution >= 4 is 13.4 Å². The van der Waals surface area contributed by atoms with Crippen LogP contribution in [0.15, 0.2) is 60.7 Å². The van der Waals surface area contributed by atoms with Crippen molar-refractivity contribution in [2.45, 2.75) is 26.2 Å². The van der Waals surface area contributed by atoms with Gasteiger partial charge in [0, 0.05) is 12.3 Å². The van der Waals surface area contributed by atoms with E-state index in [1.807, 2.05) is 66.7 Å². The van der Waals surface area contributed by atoms with Crippen molar-refractivity contribution in [3.05, 3.63) is 71.8 Å². The van der Waals surface area contributed by atoms with E-state index in [9.17, 15) is 4.57 Å². The molecule has 0 heterocycles. The highest BCUT2D eigenvalue weighted by atomic mass is 31.2. The molecule has 4 heteroatoms. The highest BCUT2D eigenvalue weighted by Crippen LogP contribution is 2.47. The quantitative estimate of drug-likeness (QED) is 0.356. The van der Waals surface area contributed by atoms with E-state index in [4.69, 9.17) is 9.26 Å². The average Bonchev–Trinajstić information content (AvgIpc) is 2.68. The van der Waals surface area contributed by atoms with Crippen molar-refractivity contribution in [2.75, 3.05) is 26.0 Å². The molecule has 2 aromatic rings. The molecule has 1 atom stereocenters. The molecule has 0 aliphatic heterocycles.